The number of benzene rings is 1. The zero-order chi connectivity index (χ0) is 17.1. The van der Waals surface area contributed by atoms with Crippen LogP contribution in [0.25, 0.3) is 0 Å². The summed E-state index contributed by atoms with van der Waals surface area (Å²) in [5, 5.41) is 3.99. The minimum Gasteiger partial charge on any atom is -0.381 e. The minimum atomic E-state index is -0.104. The van der Waals surface area contributed by atoms with Crippen LogP contribution in [-0.2, 0) is 4.74 Å². The summed E-state index contributed by atoms with van der Waals surface area (Å²) in [4.78, 5) is 19.4. The van der Waals surface area contributed by atoms with E-state index in [1.807, 2.05) is 23.1 Å². The first-order valence-electron chi connectivity index (χ1n) is 9.08. The predicted octanol–water partition coefficient (Wildman–Crippen LogP) is 3.33. The van der Waals surface area contributed by atoms with E-state index in [1.165, 1.54) is 12.0 Å². The van der Waals surface area contributed by atoms with Crippen molar-refractivity contribution in [1.82, 2.24) is 15.0 Å². The van der Waals surface area contributed by atoms with Crippen LogP contribution in [0.1, 0.15) is 65.8 Å². The van der Waals surface area contributed by atoms with Crippen molar-refractivity contribution >= 4 is 5.91 Å². The molecule has 2 aromatic rings. The number of hydrogen-bond donors (Lipinski definition) is 0. The maximum absolute atomic E-state index is 13.2. The van der Waals surface area contributed by atoms with Crippen molar-refractivity contribution in [2.24, 2.45) is 0 Å². The van der Waals surface area contributed by atoms with Gasteiger partial charge in [-0.3, -0.25) is 4.79 Å². The lowest BCUT2D eigenvalue weighted by Crippen LogP contribution is -2.35. The van der Waals surface area contributed by atoms with E-state index in [0.29, 0.717) is 11.7 Å². The molecule has 1 aromatic carbocycles. The molecule has 0 saturated carbocycles. The Morgan fingerprint density at radius 1 is 1.20 bits per heavy atom. The van der Waals surface area contributed by atoms with E-state index in [1.54, 1.807) is 0 Å². The first kappa shape index (κ1) is 16.3. The number of ether oxygens (including phenoxy) is 1. The third-order valence-electron chi connectivity index (χ3n) is 5.22. The Kier molecular flexibility index (Phi) is 4.78. The normalized spacial score (nSPS) is 24.2. The minimum absolute atomic E-state index is 0.0532. The van der Waals surface area contributed by atoms with Gasteiger partial charge in [0.15, 0.2) is 5.82 Å². The van der Waals surface area contributed by atoms with Crippen molar-refractivity contribution in [2.45, 2.75) is 44.1 Å². The number of amides is 1. The summed E-state index contributed by atoms with van der Waals surface area (Å²) in [6.45, 7) is 2.27. The number of carbonyl (C=O) groups is 1. The molecule has 25 heavy (non-hydrogen) atoms. The third kappa shape index (κ3) is 3.44. The van der Waals surface area contributed by atoms with Gasteiger partial charge in [0.25, 0.3) is 5.91 Å². The summed E-state index contributed by atoms with van der Waals surface area (Å²) in [5.41, 5.74) is 1.93. The Morgan fingerprint density at radius 2 is 2.16 bits per heavy atom. The molecule has 132 valence electrons. The molecule has 2 atom stereocenters. The SMILES string of the molecule is O=C(c1cccc(C2CCOC2)c1)N1CCCCCC1c1ncon1. The number of rotatable bonds is 3. The molecule has 2 unspecified atom stereocenters. The summed E-state index contributed by atoms with van der Waals surface area (Å²) >= 11 is 0. The zero-order valence-electron chi connectivity index (χ0n) is 14.3. The van der Waals surface area contributed by atoms with Crippen LogP contribution >= 0.6 is 0 Å². The number of nitrogens with zero attached hydrogens (tertiary/aromatic N) is 3. The lowest BCUT2D eigenvalue weighted by molar-refractivity contribution is 0.0670. The Bertz CT molecular complexity index is 710. The van der Waals surface area contributed by atoms with Gasteiger partial charge in [0.1, 0.15) is 0 Å². The molecule has 6 heteroatoms. The molecule has 6 nitrogen and oxygen atoms in total. The van der Waals surface area contributed by atoms with E-state index < -0.39 is 0 Å². The van der Waals surface area contributed by atoms with Crippen LogP contribution in [-0.4, -0.2) is 40.7 Å². The second-order valence-electron chi connectivity index (χ2n) is 6.84. The molecule has 2 saturated heterocycles. The highest BCUT2D eigenvalue weighted by Gasteiger charge is 2.30. The van der Waals surface area contributed by atoms with E-state index in [2.05, 4.69) is 16.2 Å². The van der Waals surface area contributed by atoms with Crippen molar-refractivity contribution in [3.8, 4) is 0 Å². The van der Waals surface area contributed by atoms with Crippen LogP contribution in [0.3, 0.4) is 0 Å². The number of likely N-dealkylation sites (tertiary alicyclic amines) is 1. The quantitative estimate of drug-likeness (QED) is 0.856. The van der Waals surface area contributed by atoms with E-state index in [0.717, 1.165) is 57.4 Å². The summed E-state index contributed by atoms with van der Waals surface area (Å²) in [6.07, 6.45) is 6.44. The molecule has 2 fully saturated rings. The largest absolute Gasteiger partial charge is 0.381 e. The summed E-state index contributed by atoms with van der Waals surface area (Å²) in [6, 6.07) is 7.89. The van der Waals surface area contributed by atoms with Gasteiger partial charge in [-0.25, -0.2) is 0 Å². The highest BCUT2D eigenvalue weighted by Crippen LogP contribution is 2.31. The fraction of sp³-hybridized carbons (Fsp3) is 0.526. The lowest BCUT2D eigenvalue weighted by Gasteiger charge is -2.28. The number of carbonyl (C=O) groups excluding carboxylic acids is 1. The average molecular weight is 341 g/mol. The first-order chi connectivity index (χ1) is 12.3. The van der Waals surface area contributed by atoms with Gasteiger partial charge in [0.2, 0.25) is 6.39 Å². The molecule has 0 N–H and O–H groups in total. The van der Waals surface area contributed by atoms with Gasteiger partial charge >= 0.3 is 0 Å². The van der Waals surface area contributed by atoms with E-state index in [9.17, 15) is 4.79 Å². The molecular formula is C19H23N3O3. The van der Waals surface area contributed by atoms with Gasteiger partial charge in [-0.05, 0) is 37.0 Å². The highest BCUT2D eigenvalue weighted by molar-refractivity contribution is 5.94. The van der Waals surface area contributed by atoms with Crippen LogP contribution in [0.2, 0.25) is 0 Å². The maximum Gasteiger partial charge on any atom is 0.254 e. The number of aromatic nitrogens is 2. The van der Waals surface area contributed by atoms with Crippen LogP contribution in [0, 0.1) is 0 Å². The molecule has 0 aliphatic carbocycles. The number of hydrogen-bond acceptors (Lipinski definition) is 5. The molecule has 0 bridgehead atoms. The molecule has 4 rings (SSSR count). The Labute approximate surface area is 147 Å². The fourth-order valence-corrected chi connectivity index (χ4v) is 3.83. The molecule has 0 radical (unpaired) electrons. The Morgan fingerprint density at radius 3 is 2.96 bits per heavy atom. The van der Waals surface area contributed by atoms with Gasteiger partial charge < -0.3 is 14.2 Å². The standard InChI is InChI=1S/C19H23N3O3/c23-19(15-6-4-5-14(11-15)16-8-10-24-12-16)22-9-3-1-2-7-17(22)18-20-13-25-21-18/h4-6,11,13,16-17H,1-3,7-10,12H2. The molecular weight excluding hydrogens is 318 g/mol. The van der Waals surface area contributed by atoms with Crippen molar-refractivity contribution in [3.05, 3.63) is 47.6 Å². The van der Waals surface area contributed by atoms with Crippen LogP contribution in [0.4, 0.5) is 0 Å². The van der Waals surface area contributed by atoms with E-state index in [4.69, 9.17) is 9.26 Å². The van der Waals surface area contributed by atoms with Crippen molar-refractivity contribution < 1.29 is 14.1 Å². The van der Waals surface area contributed by atoms with Crippen LogP contribution in [0.15, 0.2) is 35.2 Å². The Hall–Kier alpha value is -2.21. The molecule has 3 heterocycles. The molecule has 0 spiro atoms. The zero-order valence-corrected chi connectivity index (χ0v) is 14.3. The second kappa shape index (κ2) is 7.35. The average Bonchev–Trinajstić information content (AvgIpc) is 3.32. The van der Waals surface area contributed by atoms with Gasteiger partial charge in [-0.2, -0.15) is 4.98 Å². The molecule has 1 amide bonds. The van der Waals surface area contributed by atoms with Crippen molar-refractivity contribution in [2.75, 3.05) is 19.8 Å². The topological polar surface area (TPSA) is 68.5 Å². The molecule has 2 aliphatic heterocycles. The van der Waals surface area contributed by atoms with Gasteiger partial charge in [0, 0.05) is 24.6 Å². The van der Waals surface area contributed by atoms with E-state index >= 15 is 0 Å². The van der Waals surface area contributed by atoms with Crippen molar-refractivity contribution in [3.63, 3.8) is 0 Å². The maximum atomic E-state index is 13.2. The predicted molar refractivity (Wildman–Crippen MR) is 91.2 cm³/mol. The monoisotopic (exact) mass is 341 g/mol. The lowest BCUT2D eigenvalue weighted by atomic mass is 9.96. The molecule has 2 aliphatic rings. The Balaban J connectivity index is 1.60. The van der Waals surface area contributed by atoms with E-state index in [-0.39, 0.29) is 11.9 Å². The first-order valence-corrected chi connectivity index (χ1v) is 9.08. The summed E-state index contributed by atoms with van der Waals surface area (Å²) < 4.78 is 10.4. The van der Waals surface area contributed by atoms with Gasteiger partial charge in [-0.1, -0.05) is 30.1 Å². The van der Waals surface area contributed by atoms with Crippen molar-refractivity contribution in [1.29, 1.82) is 0 Å². The van der Waals surface area contributed by atoms with Gasteiger partial charge in [0.05, 0.1) is 12.6 Å². The second-order valence-corrected chi connectivity index (χ2v) is 6.84. The molecule has 1 aromatic heterocycles. The smallest absolute Gasteiger partial charge is 0.254 e. The highest BCUT2D eigenvalue weighted by atomic mass is 16.5. The third-order valence-corrected chi connectivity index (χ3v) is 5.22. The van der Waals surface area contributed by atoms with Gasteiger partial charge in [-0.15, -0.1) is 0 Å². The van der Waals surface area contributed by atoms with Crippen LogP contribution < -0.4 is 0 Å². The summed E-state index contributed by atoms with van der Waals surface area (Å²) in [7, 11) is 0. The van der Waals surface area contributed by atoms with Crippen LogP contribution in [0.5, 0.6) is 0 Å². The summed E-state index contributed by atoms with van der Waals surface area (Å²) in [5.74, 6) is 1.05. The fourth-order valence-electron chi connectivity index (χ4n) is 3.83.